The Balaban J connectivity index is 1.63. The van der Waals surface area contributed by atoms with Gasteiger partial charge >= 0.3 is 0 Å². The van der Waals surface area contributed by atoms with Crippen LogP contribution >= 0.6 is 0 Å². The molecular formula is C18H18N2O4. The van der Waals surface area contributed by atoms with E-state index in [1.807, 2.05) is 12.1 Å². The van der Waals surface area contributed by atoms with Crippen LogP contribution in [0.4, 0.5) is 0 Å². The molecule has 0 saturated carbocycles. The third-order valence-electron chi connectivity index (χ3n) is 4.83. The molecule has 1 unspecified atom stereocenters. The Bertz CT molecular complexity index is 760. The van der Waals surface area contributed by atoms with Crippen molar-refractivity contribution >= 4 is 23.8 Å². The summed E-state index contributed by atoms with van der Waals surface area (Å²) in [5.74, 6) is -0.786. The molecule has 0 bridgehead atoms. The van der Waals surface area contributed by atoms with E-state index in [2.05, 4.69) is 11.4 Å². The highest BCUT2D eigenvalue weighted by molar-refractivity contribution is 6.05. The van der Waals surface area contributed by atoms with Crippen molar-refractivity contribution < 1.29 is 19.1 Å². The molecule has 24 heavy (non-hydrogen) atoms. The predicted octanol–water partition coefficient (Wildman–Crippen LogP) is 1.25. The van der Waals surface area contributed by atoms with Gasteiger partial charge < -0.3 is 9.64 Å². The number of carbonyl (C=O) groups is 3. The minimum Gasteiger partial charge on any atom is -0.377 e. The van der Waals surface area contributed by atoms with Crippen LogP contribution in [0.15, 0.2) is 23.8 Å². The smallest absolute Gasteiger partial charge is 0.255 e. The van der Waals surface area contributed by atoms with Crippen molar-refractivity contribution in [2.24, 2.45) is 0 Å². The fraction of sp³-hybridized carbons (Fsp3) is 0.389. The molecule has 3 aliphatic heterocycles. The molecule has 1 atom stereocenters. The maximum atomic E-state index is 12.7. The minimum atomic E-state index is -0.571. The Morgan fingerprint density at radius 1 is 1.21 bits per heavy atom. The molecule has 1 aromatic rings. The van der Waals surface area contributed by atoms with Gasteiger partial charge in [0.15, 0.2) is 0 Å². The van der Waals surface area contributed by atoms with Gasteiger partial charge in [-0.25, -0.2) is 0 Å². The van der Waals surface area contributed by atoms with Crippen molar-refractivity contribution in [3.05, 3.63) is 40.5 Å². The molecule has 6 heteroatoms. The highest BCUT2D eigenvalue weighted by Gasteiger charge is 2.39. The summed E-state index contributed by atoms with van der Waals surface area (Å²) in [4.78, 5) is 37.7. The lowest BCUT2D eigenvalue weighted by Gasteiger charge is -2.29. The SMILES string of the molecule is O=C1CCC(N2Cc3c(/C=C4\CCOC4)cccc3C2=O)C(=O)N1. The Labute approximate surface area is 139 Å². The van der Waals surface area contributed by atoms with Crippen LogP contribution in [0.5, 0.6) is 0 Å². The fourth-order valence-electron chi connectivity index (χ4n) is 3.56. The third kappa shape index (κ3) is 2.53. The fourth-order valence-corrected chi connectivity index (χ4v) is 3.56. The second kappa shape index (κ2) is 5.87. The Kier molecular flexibility index (Phi) is 3.69. The average Bonchev–Trinajstić information content (AvgIpc) is 3.17. The second-order valence-electron chi connectivity index (χ2n) is 6.38. The summed E-state index contributed by atoms with van der Waals surface area (Å²) in [6.07, 6.45) is 3.65. The summed E-state index contributed by atoms with van der Waals surface area (Å²) < 4.78 is 5.38. The summed E-state index contributed by atoms with van der Waals surface area (Å²) in [7, 11) is 0. The van der Waals surface area contributed by atoms with E-state index in [0.717, 1.165) is 24.2 Å². The van der Waals surface area contributed by atoms with E-state index in [4.69, 9.17) is 4.74 Å². The van der Waals surface area contributed by atoms with Crippen molar-refractivity contribution in [1.82, 2.24) is 10.2 Å². The first-order chi connectivity index (χ1) is 11.6. The van der Waals surface area contributed by atoms with Crippen LogP contribution in [0.2, 0.25) is 0 Å². The maximum absolute atomic E-state index is 12.7. The largest absolute Gasteiger partial charge is 0.377 e. The zero-order chi connectivity index (χ0) is 16.7. The lowest BCUT2D eigenvalue weighted by molar-refractivity contribution is -0.136. The van der Waals surface area contributed by atoms with Crippen LogP contribution in [-0.2, 0) is 20.9 Å². The third-order valence-corrected chi connectivity index (χ3v) is 4.83. The zero-order valence-corrected chi connectivity index (χ0v) is 13.2. The number of nitrogens with zero attached hydrogens (tertiary/aromatic N) is 1. The molecule has 0 aromatic heterocycles. The second-order valence-corrected chi connectivity index (χ2v) is 6.38. The van der Waals surface area contributed by atoms with Crippen LogP contribution in [0, 0.1) is 0 Å². The van der Waals surface area contributed by atoms with Gasteiger partial charge in [-0.2, -0.15) is 0 Å². The normalized spacial score (nSPS) is 25.3. The minimum absolute atomic E-state index is 0.137. The van der Waals surface area contributed by atoms with Gasteiger partial charge in [-0.1, -0.05) is 18.2 Å². The Hall–Kier alpha value is -2.47. The number of piperidine rings is 1. The lowest BCUT2D eigenvalue weighted by Crippen LogP contribution is -2.52. The molecule has 2 saturated heterocycles. The first-order valence-corrected chi connectivity index (χ1v) is 8.17. The van der Waals surface area contributed by atoms with Crippen molar-refractivity contribution in [2.45, 2.75) is 31.8 Å². The highest BCUT2D eigenvalue weighted by Crippen LogP contribution is 2.31. The molecular weight excluding hydrogens is 308 g/mol. The van der Waals surface area contributed by atoms with E-state index in [-0.39, 0.29) is 24.1 Å². The molecule has 4 rings (SSSR count). The van der Waals surface area contributed by atoms with Gasteiger partial charge in [0.1, 0.15) is 6.04 Å². The van der Waals surface area contributed by atoms with Gasteiger partial charge in [-0.3, -0.25) is 19.7 Å². The summed E-state index contributed by atoms with van der Waals surface area (Å²) in [5, 5.41) is 2.33. The molecule has 0 radical (unpaired) electrons. The van der Waals surface area contributed by atoms with Gasteiger partial charge in [0.25, 0.3) is 5.91 Å². The number of rotatable bonds is 2. The van der Waals surface area contributed by atoms with Crippen molar-refractivity contribution in [3.63, 3.8) is 0 Å². The number of benzene rings is 1. The Morgan fingerprint density at radius 2 is 2.08 bits per heavy atom. The van der Waals surface area contributed by atoms with Crippen LogP contribution < -0.4 is 5.32 Å². The van der Waals surface area contributed by atoms with Gasteiger partial charge in [-0.05, 0) is 35.6 Å². The first-order valence-electron chi connectivity index (χ1n) is 8.17. The standard InChI is InChI=1S/C18H18N2O4/c21-16-5-4-15(17(22)19-16)20-9-14-12(8-11-6-7-24-10-11)2-1-3-13(14)18(20)23/h1-3,8,15H,4-7,9-10H2,(H,19,21,22)/b11-8+. The van der Waals surface area contributed by atoms with Gasteiger partial charge in [0.2, 0.25) is 11.8 Å². The number of carbonyl (C=O) groups excluding carboxylic acids is 3. The van der Waals surface area contributed by atoms with E-state index in [1.165, 1.54) is 5.57 Å². The molecule has 6 nitrogen and oxygen atoms in total. The van der Waals surface area contributed by atoms with Crippen LogP contribution in [-0.4, -0.2) is 41.9 Å². The summed E-state index contributed by atoms with van der Waals surface area (Å²) >= 11 is 0. The van der Waals surface area contributed by atoms with Gasteiger partial charge in [-0.15, -0.1) is 0 Å². The van der Waals surface area contributed by atoms with Gasteiger partial charge in [0, 0.05) is 18.5 Å². The number of hydrogen-bond acceptors (Lipinski definition) is 4. The topological polar surface area (TPSA) is 75.7 Å². The number of hydrogen-bond donors (Lipinski definition) is 1. The molecule has 1 aromatic carbocycles. The quantitative estimate of drug-likeness (QED) is 0.830. The van der Waals surface area contributed by atoms with E-state index >= 15 is 0 Å². The molecule has 3 heterocycles. The maximum Gasteiger partial charge on any atom is 0.255 e. The average molecular weight is 326 g/mol. The molecule has 3 amide bonds. The van der Waals surface area contributed by atoms with E-state index in [0.29, 0.717) is 25.1 Å². The van der Waals surface area contributed by atoms with Crippen LogP contribution in [0.3, 0.4) is 0 Å². The summed E-state index contributed by atoms with van der Waals surface area (Å²) in [6, 6.07) is 5.09. The van der Waals surface area contributed by atoms with E-state index in [1.54, 1.807) is 11.0 Å². The molecule has 124 valence electrons. The number of ether oxygens (including phenoxy) is 1. The monoisotopic (exact) mass is 326 g/mol. The Morgan fingerprint density at radius 3 is 2.83 bits per heavy atom. The van der Waals surface area contributed by atoms with E-state index in [9.17, 15) is 14.4 Å². The number of amides is 3. The summed E-state index contributed by atoms with van der Waals surface area (Å²) in [5.41, 5.74) is 3.83. The molecule has 0 aliphatic carbocycles. The first kappa shape index (κ1) is 15.1. The van der Waals surface area contributed by atoms with Crippen molar-refractivity contribution in [1.29, 1.82) is 0 Å². The molecule has 3 aliphatic rings. The lowest BCUT2D eigenvalue weighted by atomic mass is 10.0. The zero-order valence-electron chi connectivity index (χ0n) is 13.2. The number of fused-ring (bicyclic) bond motifs is 1. The van der Waals surface area contributed by atoms with Gasteiger partial charge in [0.05, 0.1) is 13.2 Å². The summed E-state index contributed by atoms with van der Waals surface area (Å²) in [6.45, 7) is 1.78. The molecule has 1 N–H and O–H groups in total. The molecule has 0 spiro atoms. The highest BCUT2D eigenvalue weighted by atomic mass is 16.5. The van der Waals surface area contributed by atoms with Crippen molar-refractivity contribution in [3.8, 4) is 0 Å². The van der Waals surface area contributed by atoms with Crippen molar-refractivity contribution in [2.75, 3.05) is 13.2 Å². The van der Waals surface area contributed by atoms with Crippen LogP contribution in [0.25, 0.3) is 6.08 Å². The number of imide groups is 1. The predicted molar refractivity (Wildman–Crippen MR) is 85.9 cm³/mol. The molecule has 2 fully saturated rings. The van der Waals surface area contributed by atoms with Crippen LogP contribution in [0.1, 0.15) is 40.7 Å². The van der Waals surface area contributed by atoms with E-state index < -0.39 is 6.04 Å². The number of nitrogens with one attached hydrogen (secondary N) is 1.